The summed E-state index contributed by atoms with van der Waals surface area (Å²) in [6.07, 6.45) is 1.48. The molecule has 7 heteroatoms. The van der Waals surface area contributed by atoms with Crippen LogP contribution in [0.4, 0.5) is 5.00 Å². The highest BCUT2D eigenvalue weighted by Gasteiger charge is 2.25. The Morgan fingerprint density at radius 2 is 1.74 bits per heavy atom. The molecule has 3 aromatic rings. The van der Waals surface area contributed by atoms with Gasteiger partial charge in [-0.05, 0) is 36.3 Å². The number of rotatable bonds is 6. The summed E-state index contributed by atoms with van der Waals surface area (Å²) in [7, 11) is 2.85. The van der Waals surface area contributed by atoms with Crippen LogP contribution in [0.5, 0.6) is 5.75 Å². The summed E-state index contributed by atoms with van der Waals surface area (Å²) in [5, 5.41) is 12.6. The number of carbonyl (C=O) groups excluding carboxylic acids is 2. The number of amides is 1. The number of aryl methyl sites for hydroxylation is 1. The lowest BCUT2D eigenvalue weighted by atomic mass is 10.0. The highest BCUT2D eigenvalue weighted by molar-refractivity contribution is 7.17. The Hall–Kier alpha value is -3.89. The Morgan fingerprint density at radius 1 is 1.06 bits per heavy atom. The van der Waals surface area contributed by atoms with Crippen LogP contribution in [-0.4, -0.2) is 26.1 Å². The second kappa shape index (κ2) is 9.74. The molecule has 0 aliphatic heterocycles. The molecule has 2 aromatic carbocycles. The monoisotopic (exact) mass is 432 g/mol. The van der Waals surface area contributed by atoms with Crippen molar-refractivity contribution in [3.8, 4) is 22.9 Å². The van der Waals surface area contributed by atoms with Crippen LogP contribution in [0.25, 0.3) is 17.2 Å². The smallest absolute Gasteiger partial charge is 0.341 e. The van der Waals surface area contributed by atoms with Gasteiger partial charge in [0.1, 0.15) is 28.0 Å². The molecule has 31 heavy (non-hydrogen) atoms. The van der Waals surface area contributed by atoms with E-state index >= 15 is 0 Å². The zero-order valence-electron chi connectivity index (χ0n) is 17.3. The van der Waals surface area contributed by atoms with E-state index in [1.165, 1.54) is 24.5 Å². The second-order valence-corrected chi connectivity index (χ2v) is 7.72. The SMILES string of the molecule is COC(=O)c1c(NC(=O)/C(C#N)=C/c2ccc(OC)cc2)sc(C)c1-c1ccccc1. The van der Waals surface area contributed by atoms with Crippen LogP contribution in [0, 0.1) is 18.3 Å². The molecule has 0 radical (unpaired) electrons. The van der Waals surface area contributed by atoms with Gasteiger partial charge in [0, 0.05) is 10.4 Å². The van der Waals surface area contributed by atoms with Gasteiger partial charge >= 0.3 is 5.97 Å². The zero-order valence-corrected chi connectivity index (χ0v) is 18.1. The van der Waals surface area contributed by atoms with Gasteiger partial charge in [-0.3, -0.25) is 4.79 Å². The Kier molecular flexibility index (Phi) is 6.85. The lowest BCUT2D eigenvalue weighted by Gasteiger charge is -2.08. The second-order valence-electron chi connectivity index (χ2n) is 6.49. The number of nitrogens with zero attached hydrogens (tertiary/aromatic N) is 1. The van der Waals surface area contributed by atoms with Crippen LogP contribution >= 0.6 is 11.3 Å². The number of esters is 1. The van der Waals surface area contributed by atoms with Crippen molar-refractivity contribution in [2.24, 2.45) is 0 Å². The zero-order chi connectivity index (χ0) is 22.4. The molecule has 156 valence electrons. The Labute approximate surface area is 184 Å². The molecular formula is C24H20N2O4S. The summed E-state index contributed by atoms with van der Waals surface area (Å²) < 4.78 is 10.1. The van der Waals surface area contributed by atoms with E-state index in [0.29, 0.717) is 21.9 Å². The van der Waals surface area contributed by atoms with Crippen molar-refractivity contribution in [1.29, 1.82) is 5.26 Å². The average Bonchev–Trinajstić information content (AvgIpc) is 3.13. The van der Waals surface area contributed by atoms with Crippen LogP contribution in [0.15, 0.2) is 60.2 Å². The van der Waals surface area contributed by atoms with Crippen LogP contribution in [-0.2, 0) is 9.53 Å². The first-order valence-corrected chi connectivity index (χ1v) is 10.1. The summed E-state index contributed by atoms with van der Waals surface area (Å²) in [4.78, 5) is 26.2. The first-order chi connectivity index (χ1) is 15.0. The van der Waals surface area contributed by atoms with Crippen molar-refractivity contribution in [1.82, 2.24) is 0 Å². The average molecular weight is 433 g/mol. The van der Waals surface area contributed by atoms with Crippen LogP contribution in [0.2, 0.25) is 0 Å². The highest BCUT2D eigenvalue weighted by atomic mass is 32.1. The molecule has 3 rings (SSSR count). The highest BCUT2D eigenvalue weighted by Crippen LogP contribution is 2.40. The molecule has 0 aliphatic rings. The van der Waals surface area contributed by atoms with Gasteiger partial charge in [0.25, 0.3) is 5.91 Å². The maximum Gasteiger partial charge on any atom is 0.341 e. The topological polar surface area (TPSA) is 88.4 Å². The molecule has 1 N–H and O–H groups in total. The van der Waals surface area contributed by atoms with E-state index in [-0.39, 0.29) is 11.1 Å². The molecule has 0 atom stereocenters. The number of ether oxygens (including phenoxy) is 2. The van der Waals surface area contributed by atoms with Crippen molar-refractivity contribution in [2.75, 3.05) is 19.5 Å². The maximum atomic E-state index is 12.8. The lowest BCUT2D eigenvalue weighted by Crippen LogP contribution is -2.15. The van der Waals surface area contributed by atoms with E-state index in [1.54, 1.807) is 31.4 Å². The first-order valence-electron chi connectivity index (χ1n) is 9.32. The molecule has 0 saturated carbocycles. The number of carbonyl (C=O) groups is 2. The minimum atomic E-state index is -0.607. The van der Waals surface area contributed by atoms with Crippen LogP contribution in [0.3, 0.4) is 0 Å². The van der Waals surface area contributed by atoms with Gasteiger partial charge in [-0.15, -0.1) is 11.3 Å². The number of benzene rings is 2. The van der Waals surface area contributed by atoms with Gasteiger partial charge < -0.3 is 14.8 Å². The Balaban J connectivity index is 1.97. The fourth-order valence-corrected chi connectivity index (χ4v) is 4.13. The fraction of sp³-hybridized carbons (Fsp3) is 0.125. The van der Waals surface area contributed by atoms with E-state index in [4.69, 9.17) is 9.47 Å². The summed E-state index contributed by atoms with van der Waals surface area (Å²) in [6.45, 7) is 1.87. The molecular weight excluding hydrogens is 412 g/mol. The summed E-state index contributed by atoms with van der Waals surface area (Å²) in [5.74, 6) is -0.495. The minimum Gasteiger partial charge on any atom is -0.497 e. The van der Waals surface area contributed by atoms with E-state index in [9.17, 15) is 14.9 Å². The van der Waals surface area contributed by atoms with Gasteiger partial charge in [0.15, 0.2) is 0 Å². The fourth-order valence-electron chi connectivity index (χ4n) is 3.07. The number of nitrogens with one attached hydrogen (secondary N) is 1. The van der Waals surface area contributed by atoms with Gasteiger partial charge in [-0.2, -0.15) is 5.26 Å². The van der Waals surface area contributed by atoms with Crippen LogP contribution < -0.4 is 10.1 Å². The Bertz CT molecular complexity index is 1170. The van der Waals surface area contributed by atoms with Crippen molar-refractivity contribution in [3.05, 3.63) is 76.2 Å². The molecule has 0 saturated heterocycles. The van der Waals surface area contributed by atoms with Crippen molar-refractivity contribution >= 4 is 34.3 Å². The Morgan fingerprint density at radius 3 is 2.32 bits per heavy atom. The third kappa shape index (κ3) is 4.82. The third-order valence-electron chi connectivity index (χ3n) is 4.56. The summed E-state index contributed by atoms with van der Waals surface area (Å²) in [5.41, 5.74) is 2.39. The molecule has 0 unspecified atom stereocenters. The summed E-state index contributed by atoms with van der Waals surface area (Å²) in [6, 6.07) is 18.3. The molecule has 1 amide bonds. The van der Waals surface area contributed by atoms with Gasteiger partial charge in [0.2, 0.25) is 0 Å². The van der Waals surface area contributed by atoms with E-state index in [1.807, 2.05) is 43.3 Å². The maximum absolute atomic E-state index is 12.8. The standard InChI is InChI=1S/C24H20N2O4S/c1-15-20(17-7-5-4-6-8-17)21(24(28)30-3)23(31-15)26-22(27)18(14-25)13-16-9-11-19(29-2)12-10-16/h4-13H,1-3H3,(H,26,27)/b18-13+. The number of anilines is 1. The van der Waals surface area contributed by atoms with Crippen LogP contribution in [0.1, 0.15) is 20.8 Å². The van der Waals surface area contributed by atoms with E-state index < -0.39 is 11.9 Å². The molecule has 6 nitrogen and oxygen atoms in total. The molecule has 1 heterocycles. The summed E-state index contributed by atoms with van der Waals surface area (Å²) >= 11 is 1.26. The largest absolute Gasteiger partial charge is 0.497 e. The van der Waals surface area contributed by atoms with Gasteiger partial charge in [-0.25, -0.2) is 4.79 Å². The number of nitriles is 1. The molecule has 0 aliphatic carbocycles. The van der Waals surface area contributed by atoms with Gasteiger partial charge in [-0.1, -0.05) is 42.5 Å². The van der Waals surface area contributed by atoms with Gasteiger partial charge in [0.05, 0.1) is 14.2 Å². The first kappa shape index (κ1) is 21.8. The van der Waals surface area contributed by atoms with Crippen molar-refractivity contribution in [2.45, 2.75) is 6.92 Å². The van der Waals surface area contributed by atoms with Crippen molar-refractivity contribution in [3.63, 3.8) is 0 Å². The number of thiophene rings is 1. The predicted octanol–water partition coefficient (Wildman–Crippen LogP) is 5.06. The number of hydrogen-bond donors (Lipinski definition) is 1. The number of hydrogen-bond acceptors (Lipinski definition) is 6. The normalized spacial score (nSPS) is 10.8. The minimum absolute atomic E-state index is 0.0895. The van der Waals surface area contributed by atoms with E-state index in [2.05, 4.69) is 5.32 Å². The molecule has 0 bridgehead atoms. The molecule has 0 fully saturated rings. The third-order valence-corrected chi connectivity index (χ3v) is 5.58. The quantitative estimate of drug-likeness (QED) is 0.334. The predicted molar refractivity (Wildman–Crippen MR) is 121 cm³/mol. The number of methoxy groups -OCH3 is 2. The lowest BCUT2D eigenvalue weighted by molar-refractivity contribution is -0.112. The van der Waals surface area contributed by atoms with E-state index in [0.717, 1.165) is 10.4 Å². The molecule has 1 aromatic heterocycles. The molecule has 0 spiro atoms. The van der Waals surface area contributed by atoms with Crippen molar-refractivity contribution < 1.29 is 19.1 Å².